The highest BCUT2D eigenvalue weighted by Crippen LogP contribution is 2.35. The van der Waals surface area contributed by atoms with E-state index in [1.807, 2.05) is 48.5 Å². The summed E-state index contributed by atoms with van der Waals surface area (Å²) in [6.07, 6.45) is 1.95. The predicted octanol–water partition coefficient (Wildman–Crippen LogP) is 6.77. The van der Waals surface area contributed by atoms with Gasteiger partial charge in [0, 0.05) is 22.6 Å². The molecule has 3 heterocycles. The van der Waals surface area contributed by atoms with Crippen molar-refractivity contribution >= 4 is 29.1 Å². The van der Waals surface area contributed by atoms with E-state index in [1.165, 1.54) is 22.5 Å². The molecule has 3 aromatic carbocycles. The SMILES string of the molecule is CCOC(=O)C1=C(c2ccccc2)N=c2s/c(=C\c3cc(C)n(-c4ccc(C)cc4)c3C)c(=O)n2[C@@H]1c1ccc(C(C)C)cc1. The Bertz CT molecular complexity index is 2100. The van der Waals surface area contributed by atoms with Crippen LogP contribution in [0.25, 0.3) is 17.5 Å². The normalized spacial score (nSPS) is 14.9. The van der Waals surface area contributed by atoms with Gasteiger partial charge in [0.25, 0.3) is 5.56 Å². The van der Waals surface area contributed by atoms with E-state index >= 15 is 0 Å². The average Bonchev–Trinajstić information content (AvgIpc) is 3.50. The zero-order valence-corrected chi connectivity index (χ0v) is 27.3. The number of aromatic nitrogens is 2. The maximum absolute atomic E-state index is 14.4. The number of hydrogen-bond acceptors (Lipinski definition) is 5. The molecule has 0 unspecified atom stereocenters. The first-order valence-corrected chi connectivity index (χ1v) is 16.1. The van der Waals surface area contributed by atoms with Crippen molar-refractivity contribution in [2.45, 2.75) is 53.5 Å². The van der Waals surface area contributed by atoms with Crippen molar-refractivity contribution in [3.8, 4) is 5.69 Å². The molecule has 6 nitrogen and oxygen atoms in total. The zero-order valence-electron chi connectivity index (χ0n) is 26.5. The van der Waals surface area contributed by atoms with Crippen LogP contribution in [0.15, 0.2) is 100 Å². The van der Waals surface area contributed by atoms with Gasteiger partial charge in [0.2, 0.25) is 0 Å². The summed E-state index contributed by atoms with van der Waals surface area (Å²) in [5.74, 6) is -0.131. The molecule has 1 aliphatic rings. The van der Waals surface area contributed by atoms with Gasteiger partial charge < -0.3 is 9.30 Å². The Hall–Kier alpha value is -4.75. The summed E-state index contributed by atoms with van der Waals surface area (Å²) in [5.41, 5.74) is 8.86. The number of fused-ring (bicyclic) bond motifs is 1. The summed E-state index contributed by atoms with van der Waals surface area (Å²) in [5, 5.41) is 0. The molecule has 0 aliphatic carbocycles. The van der Waals surface area contributed by atoms with Gasteiger partial charge in [-0.25, -0.2) is 9.79 Å². The first-order valence-electron chi connectivity index (χ1n) is 15.3. The van der Waals surface area contributed by atoms with Crippen molar-refractivity contribution in [1.82, 2.24) is 9.13 Å². The van der Waals surface area contributed by atoms with E-state index in [1.54, 1.807) is 11.5 Å². The van der Waals surface area contributed by atoms with Crippen LogP contribution in [-0.2, 0) is 9.53 Å². The number of benzene rings is 3. The molecule has 45 heavy (non-hydrogen) atoms. The van der Waals surface area contributed by atoms with Gasteiger partial charge in [0.1, 0.15) is 0 Å². The molecule has 2 aromatic heterocycles. The van der Waals surface area contributed by atoms with E-state index in [0.29, 0.717) is 26.5 Å². The summed E-state index contributed by atoms with van der Waals surface area (Å²) in [6.45, 7) is 12.5. The number of aryl methyl sites for hydroxylation is 2. The number of carbonyl (C=O) groups is 1. The van der Waals surface area contributed by atoms with Crippen molar-refractivity contribution in [1.29, 1.82) is 0 Å². The van der Waals surface area contributed by atoms with Crippen LogP contribution in [0.3, 0.4) is 0 Å². The molecule has 0 bridgehead atoms. The van der Waals surface area contributed by atoms with E-state index in [-0.39, 0.29) is 12.2 Å². The lowest BCUT2D eigenvalue weighted by Crippen LogP contribution is -2.40. The molecule has 0 fully saturated rings. The maximum atomic E-state index is 14.4. The Balaban J connectivity index is 1.59. The zero-order chi connectivity index (χ0) is 31.8. The summed E-state index contributed by atoms with van der Waals surface area (Å²) < 4.78 is 10.0. The van der Waals surface area contributed by atoms with Gasteiger partial charge >= 0.3 is 5.97 Å². The Morgan fingerprint density at radius 3 is 2.31 bits per heavy atom. The van der Waals surface area contributed by atoms with Crippen LogP contribution >= 0.6 is 11.3 Å². The first kappa shape index (κ1) is 30.3. The van der Waals surface area contributed by atoms with Crippen LogP contribution in [0.1, 0.15) is 71.9 Å². The maximum Gasteiger partial charge on any atom is 0.338 e. The lowest BCUT2D eigenvalue weighted by Gasteiger charge is -2.26. The van der Waals surface area contributed by atoms with Crippen LogP contribution in [0.5, 0.6) is 0 Å². The van der Waals surface area contributed by atoms with E-state index in [2.05, 4.69) is 81.7 Å². The predicted molar refractivity (Wildman–Crippen MR) is 182 cm³/mol. The van der Waals surface area contributed by atoms with Crippen molar-refractivity contribution in [3.05, 3.63) is 149 Å². The molecule has 0 amide bonds. The third-order valence-corrected chi connectivity index (χ3v) is 9.32. The highest BCUT2D eigenvalue weighted by atomic mass is 32.1. The van der Waals surface area contributed by atoms with E-state index in [0.717, 1.165) is 33.8 Å². The van der Waals surface area contributed by atoms with Gasteiger partial charge in [-0.15, -0.1) is 0 Å². The van der Waals surface area contributed by atoms with E-state index in [9.17, 15) is 9.59 Å². The lowest BCUT2D eigenvalue weighted by molar-refractivity contribution is -0.138. The van der Waals surface area contributed by atoms with Crippen LogP contribution in [0.2, 0.25) is 0 Å². The third-order valence-electron chi connectivity index (χ3n) is 8.34. The van der Waals surface area contributed by atoms with Gasteiger partial charge in [0.05, 0.1) is 28.5 Å². The van der Waals surface area contributed by atoms with Gasteiger partial charge in [-0.3, -0.25) is 9.36 Å². The smallest absolute Gasteiger partial charge is 0.338 e. The molecular weight excluding hydrogens is 579 g/mol. The van der Waals surface area contributed by atoms with Crippen molar-refractivity contribution in [3.63, 3.8) is 0 Å². The van der Waals surface area contributed by atoms with Crippen LogP contribution in [0.4, 0.5) is 0 Å². The summed E-state index contributed by atoms with van der Waals surface area (Å²) >= 11 is 1.34. The standard InChI is InChI=1S/C38H37N3O3S/c1-7-44-37(43)33-34(28-11-9-8-10-12-28)39-38-41(35(33)29-17-15-27(16-18-29)23(2)3)36(42)32(45-38)22-30-21-25(5)40(26(30)6)31-19-13-24(4)14-20-31/h8-23,35H,7H2,1-6H3/b32-22-/t35-/m1/s1. The molecule has 1 aliphatic heterocycles. The van der Waals surface area contributed by atoms with Gasteiger partial charge in [-0.1, -0.05) is 97.5 Å². The fourth-order valence-electron chi connectivity index (χ4n) is 5.99. The molecule has 1 atom stereocenters. The van der Waals surface area contributed by atoms with Crippen molar-refractivity contribution in [2.75, 3.05) is 6.61 Å². The number of nitrogens with zero attached hydrogens (tertiary/aromatic N) is 3. The van der Waals surface area contributed by atoms with Gasteiger partial charge in [-0.05, 0) is 74.6 Å². The van der Waals surface area contributed by atoms with E-state index in [4.69, 9.17) is 9.73 Å². The van der Waals surface area contributed by atoms with Crippen molar-refractivity contribution in [2.24, 2.45) is 4.99 Å². The monoisotopic (exact) mass is 615 g/mol. The number of ether oxygens (including phenoxy) is 1. The quantitative estimate of drug-likeness (QED) is 0.190. The Morgan fingerprint density at radius 2 is 1.67 bits per heavy atom. The van der Waals surface area contributed by atoms with Gasteiger partial charge in [0.15, 0.2) is 4.80 Å². The fourth-order valence-corrected chi connectivity index (χ4v) is 6.98. The highest BCUT2D eigenvalue weighted by Gasteiger charge is 2.35. The van der Waals surface area contributed by atoms with Crippen molar-refractivity contribution < 1.29 is 9.53 Å². The first-order chi connectivity index (χ1) is 21.7. The highest BCUT2D eigenvalue weighted by molar-refractivity contribution is 7.07. The summed E-state index contributed by atoms with van der Waals surface area (Å²) in [6, 6.07) is 27.7. The third kappa shape index (κ3) is 5.64. The number of carbonyl (C=O) groups excluding carboxylic acids is 1. The second-order valence-corrected chi connectivity index (χ2v) is 12.8. The Morgan fingerprint density at radius 1 is 0.978 bits per heavy atom. The van der Waals surface area contributed by atoms with Crippen LogP contribution in [-0.4, -0.2) is 21.7 Å². The Labute approximate surface area is 267 Å². The van der Waals surface area contributed by atoms with Crippen LogP contribution < -0.4 is 14.9 Å². The second kappa shape index (κ2) is 12.3. The Kier molecular flexibility index (Phi) is 8.30. The fraction of sp³-hybridized carbons (Fsp3) is 0.237. The minimum Gasteiger partial charge on any atom is -0.463 e. The van der Waals surface area contributed by atoms with Gasteiger partial charge in [-0.2, -0.15) is 0 Å². The largest absolute Gasteiger partial charge is 0.463 e. The summed E-state index contributed by atoms with van der Waals surface area (Å²) in [7, 11) is 0. The molecular formula is C38H37N3O3S. The molecule has 228 valence electrons. The van der Waals surface area contributed by atoms with E-state index < -0.39 is 12.0 Å². The number of thiazole rings is 1. The van der Waals surface area contributed by atoms with Crippen LogP contribution in [0, 0.1) is 20.8 Å². The summed E-state index contributed by atoms with van der Waals surface area (Å²) in [4.78, 5) is 33.6. The number of esters is 1. The minimum atomic E-state index is -0.696. The second-order valence-electron chi connectivity index (χ2n) is 11.8. The molecule has 5 aromatic rings. The topological polar surface area (TPSA) is 65.6 Å². The molecule has 0 saturated heterocycles. The number of hydrogen-bond donors (Lipinski definition) is 0. The average molecular weight is 616 g/mol. The molecule has 7 heteroatoms. The molecule has 0 radical (unpaired) electrons. The molecule has 0 N–H and O–H groups in total. The number of rotatable bonds is 7. The molecule has 0 saturated carbocycles. The molecule has 6 rings (SSSR count). The minimum absolute atomic E-state index is 0.189. The molecule has 0 spiro atoms. The lowest BCUT2D eigenvalue weighted by atomic mass is 9.91.